The molecule has 65 valence electrons. The molecule has 2 rings (SSSR count). The summed E-state index contributed by atoms with van der Waals surface area (Å²) >= 11 is 0. The standard InChI is InChI=1S/C11H13BP/c1-10-6-5-9-13(10,12)11-7-3-2-4-8-11/h2-8,10H,9H2,1H3. The topological polar surface area (TPSA) is 0 Å². The van der Waals surface area contributed by atoms with E-state index in [0.29, 0.717) is 5.66 Å². The molecule has 0 saturated heterocycles. The van der Waals surface area contributed by atoms with Gasteiger partial charge in [0.1, 0.15) is 0 Å². The molecular weight excluding hydrogens is 174 g/mol. The van der Waals surface area contributed by atoms with Gasteiger partial charge in [-0.1, -0.05) is 0 Å². The Balaban J connectivity index is 2.42. The first kappa shape index (κ1) is 9.03. The van der Waals surface area contributed by atoms with E-state index in [4.69, 9.17) is 7.18 Å². The van der Waals surface area contributed by atoms with E-state index in [1.807, 2.05) is 6.07 Å². The Labute approximate surface area is 81.0 Å². The van der Waals surface area contributed by atoms with E-state index in [-0.39, 0.29) is 0 Å². The summed E-state index contributed by atoms with van der Waals surface area (Å²) in [6.07, 6.45) is 5.55. The summed E-state index contributed by atoms with van der Waals surface area (Å²) in [6.45, 7) is 0.852. The predicted molar refractivity (Wildman–Crippen MR) is 62.2 cm³/mol. The zero-order chi connectivity index (χ0) is 9.31. The van der Waals surface area contributed by atoms with Crippen molar-refractivity contribution in [1.29, 1.82) is 0 Å². The SMILES string of the molecule is [B]=P1(c2ccccc2)CC=CC1C. The Morgan fingerprint density at radius 1 is 1.31 bits per heavy atom. The van der Waals surface area contributed by atoms with Crippen LogP contribution in [0.1, 0.15) is 6.92 Å². The molecule has 2 heteroatoms. The molecule has 1 aliphatic heterocycles. The van der Waals surface area contributed by atoms with Gasteiger partial charge >= 0.3 is 80.5 Å². The van der Waals surface area contributed by atoms with Crippen molar-refractivity contribution >= 4 is 19.2 Å². The van der Waals surface area contributed by atoms with Gasteiger partial charge in [0.2, 0.25) is 0 Å². The molecular formula is C11H13BP. The van der Waals surface area contributed by atoms with Crippen molar-refractivity contribution in [1.82, 2.24) is 0 Å². The van der Waals surface area contributed by atoms with Crippen molar-refractivity contribution in [2.45, 2.75) is 12.6 Å². The van der Waals surface area contributed by atoms with Gasteiger partial charge in [0, 0.05) is 0 Å². The first-order chi connectivity index (χ1) is 6.23. The first-order valence-electron chi connectivity index (χ1n) is 4.62. The van der Waals surface area contributed by atoms with Gasteiger partial charge in [-0.2, -0.15) is 0 Å². The normalized spacial score (nSPS) is 32.2. The fraction of sp³-hybridized carbons (Fsp3) is 0.273. The van der Waals surface area contributed by atoms with Crippen LogP contribution in [0, 0.1) is 0 Å². The van der Waals surface area contributed by atoms with E-state index in [1.165, 1.54) is 5.30 Å². The predicted octanol–water partition coefficient (Wildman–Crippen LogP) is 2.37. The summed E-state index contributed by atoms with van der Waals surface area (Å²) in [4.78, 5) is 0. The number of hydrogen-bond acceptors (Lipinski definition) is 0. The molecule has 1 aliphatic rings. The molecule has 13 heavy (non-hydrogen) atoms. The molecule has 0 nitrogen and oxygen atoms in total. The first-order valence-corrected chi connectivity index (χ1v) is 6.73. The molecule has 0 saturated carbocycles. The van der Waals surface area contributed by atoms with Crippen LogP contribution in [0.2, 0.25) is 0 Å². The Hall–Kier alpha value is -0.545. The van der Waals surface area contributed by atoms with Crippen molar-refractivity contribution in [2.24, 2.45) is 0 Å². The summed E-state index contributed by atoms with van der Waals surface area (Å²) < 4.78 is 0. The van der Waals surface area contributed by atoms with Gasteiger partial charge in [0.25, 0.3) is 0 Å². The molecule has 0 spiro atoms. The summed E-state index contributed by atoms with van der Waals surface area (Å²) in [5.41, 5.74) is 0.551. The van der Waals surface area contributed by atoms with E-state index in [2.05, 4.69) is 43.3 Å². The maximum absolute atomic E-state index is 6.47. The summed E-state index contributed by atoms with van der Waals surface area (Å²) in [6, 6.07) is 10.5. The van der Waals surface area contributed by atoms with Crippen LogP contribution in [0.5, 0.6) is 0 Å². The second-order valence-electron chi connectivity index (χ2n) is 3.62. The van der Waals surface area contributed by atoms with Crippen LogP contribution in [-0.2, 0) is 0 Å². The van der Waals surface area contributed by atoms with Gasteiger partial charge in [-0.15, -0.1) is 0 Å². The Kier molecular flexibility index (Phi) is 2.30. The monoisotopic (exact) mass is 187 g/mol. The minimum absolute atomic E-state index is 0.551. The third kappa shape index (κ3) is 1.46. The van der Waals surface area contributed by atoms with Crippen molar-refractivity contribution in [3.63, 3.8) is 0 Å². The van der Waals surface area contributed by atoms with Gasteiger partial charge in [-0.25, -0.2) is 0 Å². The molecule has 0 aromatic heterocycles. The number of allylic oxidation sites excluding steroid dienone is 2. The van der Waals surface area contributed by atoms with Gasteiger partial charge in [-0.3, -0.25) is 0 Å². The Bertz CT molecular complexity index is 367. The molecule has 0 N–H and O–H groups in total. The van der Waals surface area contributed by atoms with Crippen LogP contribution in [0.25, 0.3) is 0 Å². The molecule has 1 heterocycles. The summed E-state index contributed by atoms with van der Waals surface area (Å²) in [7, 11) is 6.47. The van der Waals surface area contributed by atoms with Crippen molar-refractivity contribution < 1.29 is 0 Å². The molecule has 0 fully saturated rings. The van der Waals surface area contributed by atoms with Gasteiger partial charge in [0.05, 0.1) is 0 Å². The molecule has 0 amide bonds. The zero-order valence-electron chi connectivity index (χ0n) is 7.85. The fourth-order valence-electron chi connectivity index (χ4n) is 1.80. The second-order valence-corrected chi connectivity index (χ2v) is 7.17. The molecule has 2 unspecified atom stereocenters. The third-order valence-electron chi connectivity index (χ3n) is 2.79. The summed E-state index contributed by atoms with van der Waals surface area (Å²) in [5.74, 6) is 0. The van der Waals surface area contributed by atoms with Crippen LogP contribution >= 0.6 is 6.75 Å². The Morgan fingerprint density at radius 2 is 2.00 bits per heavy atom. The molecule has 0 bridgehead atoms. The minimum atomic E-state index is -1.37. The fourth-order valence-corrected chi connectivity index (χ4v) is 4.44. The van der Waals surface area contributed by atoms with E-state index in [0.717, 1.165) is 6.16 Å². The third-order valence-corrected chi connectivity index (χ3v) is 6.49. The molecule has 2 atom stereocenters. The van der Waals surface area contributed by atoms with Crippen molar-refractivity contribution in [2.75, 3.05) is 6.16 Å². The van der Waals surface area contributed by atoms with E-state index >= 15 is 0 Å². The van der Waals surface area contributed by atoms with Crippen LogP contribution in [0.3, 0.4) is 0 Å². The van der Waals surface area contributed by atoms with E-state index < -0.39 is 6.75 Å². The van der Waals surface area contributed by atoms with Gasteiger partial charge in [0.15, 0.2) is 0 Å². The zero-order valence-corrected chi connectivity index (χ0v) is 8.74. The van der Waals surface area contributed by atoms with Crippen molar-refractivity contribution in [3.8, 4) is 0 Å². The van der Waals surface area contributed by atoms with Crippen LogP contribution in [-0.4, -0.2) is 19.0 Å². The van der Waals surface area contributed by atoms with Gasteiger partial charge < -0.3 is 0 Å². The quantitative estimate of drug-likeness (QED) is 0.359. The molecule has 1 radical (unpaired) electrons. The molecule has 0 aliphatic carbocycles. The van der Waals surface area contributed by atoms with Crippen LogP contribution < -0.4 is 5.30 Å². The summed E-state index contributed by atoms with van der Waals surface area (Å²) in [5, 5.41) is 1.35. The van der Waals surface area contributed by atoms with E-state index in [1.54, 1.807) is 0 Å². The average Bonchev–Trinajstić information content (AvgIpc) is 2.50. The second kappa shape index (κ2) is 3.31. The van der Waals surface area contributed by atoms with E-state index in [9.17, 15) is 0 Å². The number of rotatable bonds is 1. The van der Waals surface area contributed by atoms with Gasteiger partial charge in [-0.05, 0) is 0 Å². The molecule has 1 aromatic carbocycles. The maximum atomic E-state index is 6.47. The van der Waals surface area contributed by atoms with Crippen LogP contribution in [0.15, 0.2) is 42.5 Å². The number of benzene rings is 1. The molecule has 1 aromatic rings. The average molecular weight is 187 g/mol. The number of hydrogen-bond donors (Lipinski definition) is 0. The van der Waals surface area contributed by atoms with Crippen LogP contribution in [0.4, 0.5) is 0 Å². The Morgan fingerprint density at radius 3 is 2.54 bits per heavy atom. The van der Waals surface area contributed by atoms with Crippen molar-refractivity contribution in [3.05, 3.63) is 42.5 Å².